The van der Waals surface area contributed by atoms with E-state index in [0.717, 1.165) is 11.0 Å². The molecular formula is C11H11F3N2OS. The van der Waals surface area contributed by atoms with Crippen LogP contribution in [0, 0.1) is 0 Å². The van der Waals surface area contributed by atoms with Gasteiger partial charge >= 0.3 is 6.18 Å². The lowest BCUT2D eigenvalue weighted by atomic mass is 9.99. The zero-order chi connectivity index (χ0) is 13.9. The van der Waals surface area contributed by atoms with Crippen LogP contribution in [0.25, 0.3) is 0 Å². The van der Waals surface area contributed by atoms with Gasteiger partial charge in [0.1, 0.15) is 11.0 Å². The van der Waals surface area contributed by atoms with Gasteiger partial charge in [-0.05, 0) is 11.6 Å². The molecular weight excluding hydrogens is 265 g/mol. The number of thiocarbonyl (C=S) groups is 1. The number of carbonyl (C=O) groups excluding carboxylic acids is 1. The molecule has 0 spiro atoms. The molecule has 0 aliphatic heterocycles. The molecule has 7 heteroatoms. The summed E-state index contributed by atoms with van der Waals surface area (Å²) < 4.78 is 38.5. The molecule has 0 heterocycles. The first-order valence-electron chi connectivity index (χ1n) is 4.91. The normalized spacial score (nSPS) is 12.9. The maximum Gasteiger partial charge on any atom is 0.416 e. The smallest absolute Gasteiger partial charge is 0.391 e. The molecule has 0 aliphatic rings. The fourth-order valence-corrected chi connectivity index (χ4v) is 1.92. The van der Waals surface area contributed by atoms with Crippen molar-refractivity contribution < 1.29 is 18.0 Å². The molecule has 0 fully saturated rings. The number of benzene rings is 1. The van der Waals surface area contributed by atoms with Crippen molar-refractivity contribution in [1.29, 1.82) is 0 Å². The summed E-state index contributed by atoms with van der Waals surface area (Å²) in [5.41, 5.74) is 4.44. The zero-order valence-electron chi connectivity index (χ0n) is 9.44. The summed E-state index contributed by atoms with van der Waals surface area (Å²) in [5.74, 6) is 0. The SMILES string of the molecule is CN(C=O)C(C(N)=S)c1ccccc1C(F)(F)F. The highest BCUT2D eigenvalue weighted by Gasteiger charge is 2.36. The Balaban J connectivity index is 3.38. The zero-order valence-corrected chi connectivity index (χ0v) is 10.3. The summed E-state index contributed by atoms with van der Waals surface area (Å²) in [7, 11) is 1.32. The first-order valence-corrected chi connectivity index (χ1v) is 5.32. The van der Waals surface area contributed by atoms with Gasteiger partial charge in [0.05, 0.1) is 5.56 Å². The lowest BCUT2D eigenvalue weighted by molar-refractivity contribution is -0.139. The van der Waals surface area contributed by atoms with Gasteiger partial charge in [-0.25, -0.2) is 0 Å². The number of rotatable bonds is 4. The number of likely N-dealkylation sites (N-methyl/N-ethyl adjacent to an activating group) is 1. The predicted octanol–water partition coefficient (Wildman–Crippen LogP) is 2.12. The lowest BCUT2D eigenvalue weighted by Crippen LogP contribution is -2.34. The number of hydrogen-bond acceptors (Lipinski definition) is 2. The maximum absolute atomic E-state index is 12.8. The molecule has 1 unspecified atom stereocenters. The first kappa shape index (κ1) is 14.4. The van der Waals surface area contributed by atoms with Crippen LogP contribution in [0.4, 0.5) is 13.2 Å². The second-order valence-electron chi connectivity index (χ2n) is 3.66. The number of halogens is 3. The van der Waals surface area contributed by atoms with E-state index < -0.39 is 17.8 Å². The van der Waals surface area contributed by atoms with Gasteiger partial charge in [0.15, 0.2) is 0 Å². The average Bonchev–Trinajstić information content (AvgIpc) is 2.27. The minimum absolute atomic E-state index is 0.132. The van der Waals surface area contributed by atoms with Gasteiger partial charge in [-0.2, -0.15) is 13.2 Å². The van der Waals surface area contributed by atoms with Crippen molar-refractivity contribution in [3.63, 3.8) is 0 Å². The highest BCUT2D eigenvalue weighted by atomic mass is 32.1. The van der Waals surface area contributed by atoms with Crippen molar-refractivity contribution in [3.8, 4) is 0 Å². The van der Waals surface area contributed by atoms with E-state index in [-0.39, 0.29) is 10.6 Å². The van der Waals surface area contributed by atoms with Crippen molar-refractivity contribution in [3.05, 3.63) is 35.4 Å². The Morgan fingerprint density at radius 2 is 2.00 bits per heavy atom. The molecule has 0 bridgehead atoms. The number of alkyl halides is 3. The van der Waals surface area contributed by atoms with E-state index in [1.807, 2.05) is 0 Å². The molecule has 0 aliphatic carbocycles. The van der Waals surface area contributed by atoms with Crippen molar-refractivity contribution in [1.82, 2.24) is 4.90 Å². The Hall–Kier alpha value is -1.63. The minimum Gasteiger partial charge on any atom is -0.391 e. The van der Waals surface area contributed by atoms with Gasteiger partial charge in [-0.1, -0.05) is 30.4 Å². The molecule has 1 atom stereocenters. The molecule has 98 valence electrons. The molecule has 1 aromatic rings. The van der Waals surface area contributed by atoms with Crippen LogP contribution in [-0.2, 0) is 11.0 Å². The third kappa shape index (κ3) is 2.98. The summed E-state index contributed by atoms with van der Waals surface area (Å²) >= 11 is 4.73. The average molecular weight is 276 g/mol. The van der Waals surface area contributed by atoms with Crippen LogP contribution in [0.1, 0.15) is 17.2 Å². The van der Waals surface area contributed by atoms with E-state index in [1.54, 1.807) is 0 Å². The Labute approximate surface area is 107 Å². The van der Waals surface area contributed by atoms with E-state index in [1.165, 1.54) is 25.2 Å². The maximum atomic E-state index is 12.8. The van der Waals surface area contributed by atoms with Gasteiger partial charge < -0.3 is 10.6 Å². The summed E-state index contributed by atoms with van der Waals surface area (Å²) in [6, 6.07) is 3.82. The van der Waals surface area contributed by atoms with Gasteiger partial charge in [0, 0.05) is 7.05 Å². The minimum atomic E-state index is -4.52. The van der Waals surface area contributed by atoms with E-state index in [0.29, 0.717) is 6.41 Å². The molecule has 0 radical (unpaired) electrons. The number of amides is 1. The molecule has 1 rings (SSSR count). The molecule has 0 aromatic heterocycles. The number of nitrogens with two attached hydrogens (primary N) is 1. The Morgan fingerprint density at radius 3 is 2.44 bits per heavy atom. The third-order valence-electron chi connectivity index (χ3n) is 2.40. The van der Waals surface area contributed by atoms with E-state index >= 15 is 0 Å². The van der Waals surface area contributed by atoms with E-state index in [2.05, 4.69) is 0 Å². The van der Waals surface area contributed by atoms with Crippen LogP contribution in [0.2, 0.25) is 0 Å². The highest BCUT2D eigenvalue weighted by Crippen LogP contribution is 2.35. The topological polar surface area (TPSA) is 46.3 Å². The standard InChI is InChI=1S/C11H11F3N2OS/c1-16(6-17)9(10(15)18)7-4-2-3-5-8(7)11(12,13)14/h2-6,9H,1H3,(H2,15,18). The number of carbonyl (C=O) groups is 1. The quantitative estimate of drug-likeness (QED) is 0.677. The molecule has 1 amide bonds. The number of hydrogen-bond donors (Lipinski definition) is 1. The van der Waals surface area contributed by atoms with E-state index in [4.69, 9.17) is 18.0 Å². The molecule has 18 heavy (non-hydrogen) atoms. The Kier molecular flexibility index (Phi) is 4.28. The van der Waals surface area contributed by atoms with Gasteiger partial charge in [-0.15, -0.1) is 0 Å². The monoisotopic (exact) mass is 276 g/mol. The van der Waals surface area contributed by atoms with Crippen LogP contribution in [0.15, 0.2) is 24.3 Å². The Morgan fingerprint density at radius 1 is 1.44 bits per heavy atom. The molecule has 3 nitrogen and oxygen atoms in total. The van der Waals surface area contributed by atoms with Crippen LogP contribution >= 0.6 is 12.2 Å². The summed E-state index contributed by atoms with van der Waals surface area (Å²) in [6.45, 7) is 0. The van der Waals surface area contributed by atoms with Crippen LogP contribution in [0.3, 0.4) is 0 Å². The number of nitrogens with zero attached hydrogens (tertiary/aromatic N) is 1. The predicted molar refractivity (Wildman–Crippen MR) is 64.8 cm³/mol. The molecule has 2 N–H and O–H groups in total. The second kappa shape index (κ2) is 5.34. The van der Waals surface area contributed by atoms with Crippen molar-refractivity contribution in [2.45, 2.75) is 12.2 Å². The summed E-state index contributed by atoms with van der Waals surface area (Å²) in [6.07, 6.45) is -4.14. The largest absolute Gasteiger partial charge is 0.416 e. The van der Waals surface area contributed by atoms with Crippen LogP contribution in [0.5, 0.6) is 0 Å². The second-order valence-corrected chi connectivity index (χ2v) is 4.13. The van der Waals surface area contributed by atoms with Gasteiger partial charge in [0.2, 0.25) is 6.41 Å². The fourth-order valence-electron chi connectivity index (χ4n) is 1.63. The molecule has 0 saturated heterocycles. The van der Waals surface area contributed by atoms with Gasteiger partial charge in [0.25, 0.3) is 0 Å². The Bertz CT molecular complexity index is 462. The summed E-state index contributed by atoms with van der Waals surface area (Å²) in [5, 5.41) is 0. The molecule has 1 aromatic carbocycles. The van der Waals surface area contributed by atoms with Crippen LogP contribution < -0.4 is 5.73 Å². The van der Waals surface area contributed by atoms with Gasteiger partial charge in [-0.3, -0.25) is 4.79 Å². The van der Waals surface area contributed by atoms with Crippen molar-refractivity contribution in [2.75, 3.05) is 7.05 Å². The van der Waals surface area contributed by atoms with E-state index in [9.17, 15) is 18.0 Å². The van der Waals surface area contributed by atoms with Crippen molar-refractivity contribution >= 4 is 23.6 Å². The van der Waals surface area contributed by atoms with Crippen molar-refractivity contribution in [2.24, 2.45) is 5.73 Å². The fraction of sp³-hybridized carbons (Fsp3) is 0.273. The highest BCUT2D eigenvalue weighted by molar-refractivity contribution is 7.80. The molecule has 0 saturated carbocycles. The van der Waals surface area contributed by atoms with Crippen LogP contribution in [-0.4, -0.2) is 23.3 Å². The first-order chi connectivity index (χ1) is 8.29. The summed E-state index contributed by atoms with van der Waals surface area (Å²) in [4.78, 5) is 11.5. The third-order valence-corrected chi connectivity index (χ3v) is 2.63. The lowest BCUT2D eigenvalue weighted by Gasteiger charge is -2.26.